The molecule has 0 aromatic heterocycles. The van der Waals surface area contributed by atoms with Gasteiger partial charge >= 0.3 is 18.1 Å². The molecule has 0 unspecified atom stereocenters. The third-order valence-corrected chi connectivity index (χ3v) is 14.1. The van der Waals surface area contributed by atoms with Gasteiger partial charge in [0.05, 0.1) is 27.6 Å². The van der Waals surface area contributed by atoms with Crippen molar-refractivity contribution in [3.63, 3.8) is 0 Å². The third-order valence-electron chi connectivity index (χ3n) is 12.5. The summed E-state index contributed by atoms with van der Waals surface area (Å²) in [6.07, 6.45) is -0.891. The Morgan fingerprint density at radius 3 is 1.35 bits per heavy atom. The van der Waals surface area contributed by atoms with Crippen LogP contribution in [0.15, 0.2) is 241 Å². The summed E-state index contributed by atoms with van der Waals surface area (Å²) in [5, 5.41) is 0. The molecule has 15 heteroatoms. The zero-order valence-corrected chi connectivity index (χ0v) is 44.6. The normalized spacial score (nSPS) is 11.4. The van der Waals surface area contributed by atoms with E-state index in [0.717, 1.165) is 27.8 Å². The second-order valence-electron chi connectivity index (χ2n) is 18.4. The monoisotopic (exact) mass is 1100 g/mol. The summed E-state index contributed by atoms with van der Waals surface area (Å²) < 4.78 is 72.2. The van der Waals surface area contributed by atoms with E-state index in [0.29, 0.717) is 5.56 Å². The molecule has 0 bridgehead atoms. The molecule has 1 N–H and O–H groups in total. The van der Waals surface area contributed by atoms with Gasteiger partial charge in [-0.05, 0) is 88.3 Å². The molecular formula is C66H55NO13S. The van der Waals surface area contributed by atoms with Gasteiger partial charge in [0.15, 0.2) is 0 Å². The van der Waals surface area contributed by atoms with E-state index in [1.54, 1.807) is 42.5 Å². The van der Waals surface area contributed by atoms with Crippen LogP contribution in [0.25, 0.3) is 0 Å². The van der Waals surface area contributed by atoms with E-state index in [1.165, 1.54) is 42.5 Å². The van der Waals surface area contributed by atoms with Gasteiger partial charge in [-0.15, -0.1) is 0 Å². The number of ether oxygens (including phenoxy) is 7. The lowest BCUT2D eigenvalue weighted by Crippen LogP contribution is -2.40. The molecule has 0 saturated carbocycles. The van der Waals surface area contributed by atoms with Crippen LogP contribution in [0.2, 0.25) is 0 Å². The van der Waals surface area contributed by atoms with E-state index in [4.69, 9.17) is 33.2 Å². The molecule has 408 valence electrons. The minimum Gasteiger partial charge on any atom is -0.488 e. The van der Waals surface area contributed by atoms with Gasteiger partial charge in [-0.2, -0.15) is 0 Å². The van der Waals surface area contributed by atoms with Crippen molar-refractivity contribution in [3.05, 3.63) is 292 Å². The van der Waals surface area contributed by atoms with Gasteiger partial charge in [0, 0.05) is 0 Å². The van der Waals surface area contributed by atoms with Crippen LogP contribution < -0.4 is 23.7 Å². The van der Waals surface area contributed by atoms with Crippen molar-refractivity contribution >= 4 is 33.9 Å². The van der Waals surface area contributed by atoms with Crippen molar-refractivity contribution in [3.8, 4) is 23.0 Å². The summed E-state index contributed by atoms with van der Waals surface area (Å²) in [6.45, 7) is -0.649. The summed E-state index contributed by atoms with van der Waals surface area (Å²) in [7, 11) is -4.17. The largest absolute Gasteiger partial charge is 0.514 e. The van der Waals surface area contributed by atoms with Crippen LogP contribution in [-0.2, 0) is 63.7 Å². The molecule has 81 heavy (non-hydrogen) atoms. The molecule has 0 amide bonds. The van der Waals surface area contributed by atoms with Gasteiger partial charge in [-0.3, -0.25) is 4.79 Å². The van der Waals surface area contributed by atoms with Gasteiger partial charge in [-0.25, -0.2) is 27.5 Å². The molecule has 9 aromatic rings. The van der Waals surface area contributed by atoms with Crippen molar-refractivity contribution in [2.24, 2.45) is 0 Å². The van der Waals surface area contributed by atoms with Gasteiger partial charge in [0.1, 0.15) is 68.2 Å². The molecule has 0 spiro atoms. The van der Waals surface area contributed by atoms with Gasteiger partial charge in [0.25, 0.3) is 0 Å². The van der Waals surface area contributed by atoms with Crippen LogP contribution in [0.4, 0.5) is 4.79 Å². The maximum Gasteiger partial charge on any atom is 0.514 e. The number of nitrogens with one attached hydrogen (secondary N) is 1. The van der Waals surface area contributed by atoms with Crippen molar-refractivity contribution in [2.75, 3.05) is 6.61 Å². The lowest BCUT2D eigenvalue weighted by molar-refractivity contribution is 0.0463. The van der Waals surface area contributed by atoms with E-state index in [1.807, 2.05) is 152 Å². The van der Waals surface area contributed by atoms with Crippen LogP contribution in [0.3, 0.4) is 0 Å². The second-order valence-corrected chi connectivity index (χ2v) is 20.2. The fourth-order valence-corrected chi connectivity index (χ4v) is 9.69. The first-order valence-corrected chi connectivity index (χ1v) is 27.3. The van der Waals surface area contributed by atoms with Crippen molar-refractivity contribution in [1.29, 1.82) is 0 Å². The minimum absolute atomic E-state index is 0.0142. The third kappa shape index (κ3) is 15.9. The Morgan fingerprint density at radius 1 is 0.407 bits per heavy atom. The SMILES string of the molecule is O=C(OCc1ccccc1)Oc1ccc(C[C@H](COC(=O)c2cc(OCc3ccccc3)c(C(=O)c3c(OCc4ccccc4)cccc3C(=O)OCc3ccccc3)c(OCc3ccccc3)c2)NS(=O)(=O)c2ccccc2)cc1. The topological polar surface area (TPSA) is 179 Å². The number of carbonyl (C=O) groups is 4. The zero-order chi connectivity index (χ0) is 56.2. The lowest BCUT2D eigenvalue weighted by atomic mass is 9.94. The Kier molecular flexibility index (Phi) is 19.1. The molecule has 0 aliphatic rings. The molecule has 0 aliphatic carbocycles. The Balaban J connectivity index is 1.05. The Bertz CT molecular complexity index is 3580. The number of sulfonamides is 1. The van der Waals surface area contributed by atoms with Crippen LogP contribution in [0.1, 0.15) is 70.0 Å². The Morgan fingerprint density at radius 2 is 0.852 bits per heavy atom. The highest BCUT2D eigenvalue weighted by Gasteiger charge is 2.32. The summed E-state index contributed by atoms with van der Waals surface area (Å²) in [5.74, 6) is -2.41. The maximum absolute atomic E-state index is 15.8. The summed E-state index contributed by atoms with van der Waals surface area (Å²) in [6, 6.07) is 66.3. The zero-order valence-electron chi connectivity index (χ0n) is 43.8. The van der Waals surface area contributed by atoms with Crippen LogP contribution >= 0.6 is 0 Å². The lowest BCUT2D eigenvalue weighted by Gasteiger charge is -2.21. The minimum atomic E-state index is -4.17. The van der Waals surface area contributed by atoms with E-state index in [-0.39, 0.29) is 89.6 Å². The van der Waals surface area contributed by atoms with Crippen LogP contribution in [0, 0.1) is 0 Å². The van der Waals surface area contributed by atoms with E-state index in [9.17, 15) is 22.8 Å². The fraction of sp³-hybridized carbons (Fsp3) is 0.121. The van der Waals surface area contributed by atoms with Gasteiger partial charge in [0.2, 0.25) is 15.8 Å². The molecule has 0 aliphatic heterocycles. The smallest absolute Gasteiger partial charge is 0.488 e. The van der Waals surface area contributed by atoms with Crippen molar-refractivity contribution < 1.29 is 60.8 Å². The Labute approximate surface area is 469 Å². The average Bonchev–Trinajstić information content (AvgIpc) is 3.53. The number of hydrogen-bond donors (Lipinski definition) is 1. The first kappa shape index (κ1) is 55.9. The molecule has 14 nitrogen and oxygen atoms in total. The molecule has 1 atom stereocenters. The van der Waals surface area contributed by atoms with Crippen LogP contribution in [0.5, 0.6) is 23.0 Å². The number of benzene rings is 9. The van der Waals surface area contributed by atoms with Crippen LogP contribution in [-0.4, -0.2) is 44.9 Å². The quantitative estimate of drug-likeness (QED) is 0.0247. The molecule has 0 heterocycles. The number of carbonyl (C=O) groups excluding carboxylic acids is 4. The fourth-order valence-electron chi connectivity index (χ4n) is 8.45. The van der Waals surface area contributed by atoms with E-state index < -0.39 is 46.5 Å². The highest BCUT2D eigenvalue weighted by atomic mass is 32.2. The predicted octanol–water partition coefficient (Wildman–Crippen LogP) is 12.5. The standard InChI is InChI=1S/C66H55NO13S/c68-63(61-57(65(70)77-44-51-26-13-4-14-27-51)32-19-33-58(61)74-41-48-20-7-1-8-21-48)62-59(75-42-49-22-9-2-10-23-49)39-53(40-60(62)76-43-50-24-11-3-12-25-50)64(69)78-46-54(67-81(72,73)56-30-17-6-18-31-56)38-47-34-36-55(37-35-47)80-66(71)79-45-52-28-15-5-16-29-52/h1-37,39-40,54,67H,38,41-46H2/t54-/m1/s1. The number of esters is 2. The summed E-state index contributed by atoms with van der Waals surface area (Å²) in [4.78, 5) is 57.1. The highest BCUT2D eigenvalue weighted by molar-refractivity contribution is 7.89. The second kappa shape index (κ2) is 27.7. The number of rotatable bonds is 25. The average molecular weight is 1100 g/mol. The molecule has 9 aromatic carbocycles. The first-order valence-electron chi connectivity index (χ1n) is 25.8. The summed E-state index contributed by atoms with van der Waals surface area (Å²) >= 11 is 0. The van der Waals surface area contributed by atoms with E-state index in [2.05, 4.69) is 4.72 Å². The van der Waals surface area contributed by atoms with Crippen molar-refractivity contribution in [2.45, 2.75) is 50.4 Å². The maximum atomic E-state index is 15.8. The molecule has 0 saturated heterocycles. The molecule has 9 rings (SSSR count). The van der Waals surface area contributed by atoms with Crippen molar-refractivity contribution in [1.82, 2.24) is 4.72 Å². The highest BCUT2D eigenvalue weighted by Crippen LogP contribution is 2.38. The number of ketones is 1. The van der Waals surface area contributed by atoms with E-state index >= 15 is 4.79 Å². The molecule has 0 radical (unpaired) electrons. The van der Waals surface area contributed by atoms with Gasteiger partial charge < -0.3 is 33.2 Å². The first-order chi connectivity index (χ1) is 39.5. The van der Waals surface area contributed by atoms with Gasteiger partial charge in [-0.1, -0.05) is 188 Å². The Hall–Kier alpha value is -9.83. The molecular weight excluding hydrogens is 1050 g/mol. The molecule has 0 fully saturated rings. The number of hydrogen-bond acceptors (Lipinski definition) is 13. The predicted molar refractivity (Wildman–Crippen MR) is 302 cm³/mol. The summed E-state index contributed by atoms with van der Waals surface area (Å²) in [5.41, 5.74) is 3.86.